The van der Waals surface area contributed by atoms with Gasteiger partial charge in [-0.2, -0.15) is 0 Å². The molecule has 0 radical (unpaired) electrons. The normalized spacial score (nSPS) is 12.2. The molecule has 0 saturated heterocycles. The van der Waals surface area contributed by atoms with Crippen molar-refractivity contribution >= 4 is 27.5 Å². The van der Waals surface area contributed by atoms with Crippen LogP contribution in [0.5, 0.6) is 5.75 Å². The third-order valence-corrected chi connectivity index (χ3v) is 4.76. The summed E-state index contributed by atoms with van der Waals surface area (Å²) in [5, 5.41) is 4.49. The van der Waals surface area contributed by atoms with Gasteiger partial charge in [0.2, 0.25) is 0 Å². The van der Waals surface area contributed by atoms with Crippen molar-refractivity contribution in [2.75, 3.05) is 7.11 Å². The summed E-state index contributed by atoms with van der Waals surface area (Å²) < 4.78 is 11.1. The van der Waals surface area contributed by atoms with E-state index in [0.717, 1.165) is 34.7 Å². The molecule has 3 heteroatoms. The Hall–Kier alpha value is -2.55. The van der Waals surface area contributed by atoms with Gasteiger partial charge in [0.1, 0.15) is 5.75 Å². The van der Waals surface area contributed by atoms with Gasteiger partial charge in [-0.3, -0.25) is 0 Å². The first-order valence-corrected chi connectivity index (χ1v) is 9.39. The fourth-order valence-electron chi connectivity index (χ4n) is 3.31. The van der Waals surface area contributed by atoms with E-state index >= 15 is 0 Å². The Labute approximate surface area is 154 Å². The fraction of sp³-hybridized carbons (Fsp3) is 0.348. The molecule has 0 aromatic heterocycles. The SMILES string of the molecule is CCCCCCC(Oc1cccc2cc3ccccc3cc12)C(=O)OC. The first kappa shape index (κ1) is 18.2. The van der Waals surface area contributed by atoms with Gasteiger partial charge in [0.25, 0.3) is 0 Å². The standard InChI is InChI=1S/C23H26O3/c1-3-4-5-6-13-22(23(24)25-2)26-21-14-9-12-19-15-17-10-7-8-11-18(17)16-20(19)21/h7-12,14-16,22H,3-6,13H2,1-2H3. The third kappa shape index (κ3) is 4.16. The number of carbonyl (C=O) groups is 1. The zero-order valence-corrected chi connectivity index (χ0v) is 15.5. The first-order chi connectivity index (χ1) is 12.7. The smallest absolute Gasteiger partial charge is 0.347 e. The molecule has 3 rings (SSSR count). The van der Waals surface area contributed by atoms with Crippen molar-refractivity contribution < 1.29 is 14.3 Å². The second-order valence-electron chi connectivity index (χ2n) is 6.66. The van der Waals surface area contributed by atoms with Crippen molar-refractivity contribution in [3.63, 3.8) is 0 Å². The average molecular weight is 350 g/mol. The number of methoxy groups -OCH3 is 1. The predicted molar refractivity (Wildman–Crippen MR) is 107 cm³/mol. The summed E-state index contributed by atoms with van der Waals surface area (Å²) in [6.07, 6.45) is 4.52. The molecule has 3 aromatic rings. The van der Waals surface area contributed by atoms with E-state index in [2.05, 4.69) is 37.3 Å². The van der Waals surface area contributed by atoms with Gasteiger partial charge < -0.3 is 9.47 Å². The number of hydrogen-bond donors (Lipinski definition) is 0. The summed E-state index contributed by atoms with van der Waals surface area (Å²) >= 11 is 0. The van der Waals surface area contributed by atoms with Gasteiger partial charge in [-0.05, 0) is 47.2 Å². The molecule has 0 amide bonds. The Balaban J connectivity index is 1.89. The quantitative estimate of drug-likeness (QED) is 0.289. The molecular weight excluding hydrogens is 324 g/mol. The second kappa shape index (κ2) is 8.70. The lowest BCUT2D eigenvalue weighted by Gasteiger charge is -2.18. The Kier molecular flexibility index (Phi) is 6.11. The third-order valence-electron chi connectivity index (χ3n) is 4.76. The van der Waals surface area contributed by atoms with Crippen LogP contribution >= 0.6 is 0 Å². The molecule has 3 nitrogen and oxygen atoms in total. The molecule has 0 aliphatic heterocycles. The highest BCUT2D eigenvalue weighted by Gasteiger charge is 2.21. The lowest BCUT2D eigenvalue weighted by Crippen LogP contribution is -2.28. The van der Waals surface area contributed by atoms with Crippen molar-refractivity contribution in [1.82, 2.24) is 0 Å². The van der Waals surface area contributed by atoms with E-state index in [1.54, 1.807) is 0 Å². The summed E-state index contributed by atoms with van der Waals surface area (Å²) in [6.45, 7) is 2.18. The zero-order chi connectivity index (χ0) is 18.4. The molecule has 3 aromatic carbocycles. The lowest BCUT2D eigenvalue weighted by atomic mass is 10.0. The van der Waals surface area contributed by atoms with E-state index in [1.165, 1.54) is 25.3 Å². The van der Waals surface area contributed by atoms with Crippen LogP contribution in [-0.4, -0.2) is 19.2 Å². The van der Waals surface area contributed by atoms with Crippen LogP contribution in [0, 0.1) is 0 Å². The minimum atomic E-state index is -0.561. The van der Waals surface area contributed by atoms with E-state index in [-0.39, 0.29) is 5.97 Å². The second-order valence-corrected chi connectivity index (χ2v) is 6.66. The number of benzene rings is 3. The van der Waals surface area contributed by atoms with E-state index in [1.807, 2.05) is 24.3 Å². The van der Waals surface area contributed by atoms with Crippen LogP contribution in [0.3, 0.4) is 0 Å². The van der Waals surface area contributed by atoms with Crippen molar-refractivity contribution in [2.24, 2.45) is 0 Å². The molecule has 0 fully saturated rings. The van der Waals surface area contributed by atoms with Crippen LogP contribution in [0.1, 0.15) is 39.0 Å². The molecule has 0 saturated carbocycles. The van der Waals surface area contributed by atoms with E-state index in [9.17, 15) is 4.79 Å². The average Bonchev–Trinajstić information content (AvgIpc) is 2.68. The highest BCUT2D eigenvalue weighted by Crippen LogP contribution is 2.31. The maximum Gasteiger partial charge on any atom is 0.347 e. The summed E-state index contributed by atoms with van der Waals surface area (Å²) in [7, 11) is 1.42. The summed E-state index contributed by atoms with van der Waals surface area (Å²) in [4.78, 5) is 12.2. The Morgan fingerprint density at radius 1 is 0.923 bits per heavy atom. The van der Waals surface area contributed by atoms with Gasteiger partial charge in [0.05, 0.1) is 7.11 Å². The fourth-order valence-corrected chi connectivity index (χ4v) is 3.31. The van der Waals surface area contributed by atoms with Crippen LogP contribution in [0.15, 0.2) is 54.6 Å². The molecule has 0 spiro atoms. The van der Waals surface area contributed by atoms with Crippen LogP contribution in [0.2, 0.25) is 0 Å². The summed E-state index contributed by atoms with van der Waals surface area (Å²) in [5.41, 5.74) is 0. The summed E-state index contributed by atoms with van der Waals surface area (Å²) in [6, 6.07) is 18.5. The monoisotopic (exact) mass is 350 g/mol. The lowest BCUT2D eigenvalue weighted by molar-refractivity contribution is -0.149. The van der Waals surface area contributed by atoms with Gasteiger partial charge in [-0.1, -0.05) is 62.6 Å². The van der Waals surface area contributed by atoms with E-state index in [4.69, 9.17) is 9.47 Å². The highest BCUT2D eigenvalue weighted by molar-refractivity contribution is 6.01. The van der Waals surface area contributed by atoms with Gasteiger partial charge in [0.15, 0.2) is 6.10 Å². The Morgan fingerprint density at radius 3 is 2.38 bits per heavy atom. The number of rotatable bonds is 8. The van der Waals surface area contributed by atoms with Gasteiger partial charge in [-0.25, -0.2) is 4.79 Å². The van der Waals surface area contributed by atoms with Crippen molar-refractivity contribution in [2.45, 2.75) is 45.1 Å². The maximum atomic E-state index is 12.2. The summed E-state index contributed by atoms with van der Waals surface area (Å²) in [5.74, 6) is 0.429. The number of fused-ring (bicyclic) bond motifs is 2. The van der Waals surface area contributed by atoms with Gasteiger partial charge in [0, 0.05) is 5.39 Å². The largest absolute Gasteiger partial charge is 0.478 e. The molecular formula is C23H26O3. The van der Waals surface area contributed by atoms with E-state index in [0.29, 0.717) is 6.42 Å². The van der Waals surface area contributed by atoms with E-state index < -0.39 is 6.10 Å². The predicted octanol–water partition coefficient (Wildman–Crippen LogP) is 5.88. The van der Waals surface area contributed by atoms with Crippen LogP contribution in [0.4, 0.5) is 0 Å². The molecule has 0 bridgehead atoms. The highest BCUT2D eigenvalue weighted by atomic mass is 16.6. The number of carbonyl (C=O) groups excluding carboxylic acids is 1. The molecule has 0 aliphatic rings. The minimum absolute atomic E-state index is 0.306. The number of ether oxygens (including phenoxy) is 2. The van der Waals surface area contributed by atoms with Crippen molar-refractivity contribution in [1.29, 1.82) is 0 Å². The molecule has 0 heterocycles. The molecule has 0 aliphatic carbocycles. The maximum absolute atomic E-state index is 12.2. The van der Waals surface area contributed by atoms with Gasteiger partial charge in [-0.15, -0.1) is 0 Å². The van der Waals surface area contributed by atoms with Crippen LogP contribution in [-0.2, 0) is 9.53 Å². The van der Waals surface area contributed by atoms with Crippen molar-refractivity contribution in [3.8, 4) is 5.75 Å². The van der Waals surface area contributed by atoms with Gasteiger partial charge >= 0.3 is 5.97 Å². The number of esters is 1. The number of unbranched alkanes of at least 4 members (excludes halogenated alkanes) is 3. The zero-order valence-electron chi connectivity index (χ0n) is 15.5. The Bertz CT molecular complexity index is 885. The number of hydrogen-bond acceptors (Lipinski definition) is 3. The van der Waals surface area contributed by atoms with Crippen molar-refractivity contribution in [3.05, 3.63) is 54.6 Å². The molecule has 1 unspecified atom stereocenters. The topological polar surface area (TPSA) is 35.5 Å². The molecule has 1 atom stereocenters. The Morgan fingerprint density at radius 2 is 1.65 bits per heavy atom. The van der Waals surface area contributed by atoms with Crippen LogP contribution < -0.4 is 4.74 Å². The minimum Gasteiger partial charge on any atom is -0.478 e. The first-order valence-electron chi connectivity index (χ1n) is 9.39. The molecule has 0 N–H and O–H groups in total. The molecule has 136 valence electrons. The van der Waals surface area contributed by atoms with Crippen LogP contribution in [0.25, 0.3) is 21.5 Å². The molecule has 26 heavy (non-hydrogen) atoms.